The summed E-state index contributed by atoms with van der Waals surface area (Å²) >= 11 is 0. The topological polar surface area (TPSA) is 117 Å². The van der Waals surface area contributed by atoms with E-state index in [0.717, 1.165) is 30.6 Å². The third-order valence-corrected chi connectivity index (χ3v) is 4.95. The van der Waals surface area contributed by atoms with E-state index in [1.807, 2.05) is 35.2 Å². The Morgan fingerprint density at radius 1 is 1.21 bits per heavy atom. The van der Waals surface area contributed by atoms with Gasteiger partial charge in [0, 0.05) is 31.4 Å². The highest BCUT2D eigenvalue weighted by atomic mass is 16.4. The second-order valence-electron chi connectivity index (χ2n) is 6.94. The summed E-state index contributed by atoms with van der Waals surface area (Å²) < 4.78 is 1.54. The smallest absolute Gasteiger partial charge is 0.358 e. The molecule has 1 amide bonds. The van der Waals surface area contributed by atoms with Gasteiger partial charge in [-0.3, -0.25) is 14.6 Å². The third kappa shape index (κ3) is 3.78. The van der Waals surface area contributed by atoms with Crippen molar-refractivity contribution in [2.45, 2.75) is 19.4 Å². The molecule has 1 fully saturated rings. The van der Waals surface area contributed by atoms with Crippen molar-refractivity contribution in [3.8, 4) is 11.3 Å². The molecular formula is C19H20N6O3. The van der Waals surface area contributed by atoms with Crippen molar-refractivity contribution in [1.82, 2.24) is 30.1 Å². The molecule has 0 spiro atoms. The summed E-state index contributed by atoms with van der Waals surface area (Å²) in [6, 6.07) is 9.36. The Morgan fingerprint density at radius 2 is 2.04 bits per heavy atom. The van der Waals surface area contributed by atoms with Crippen LogP contribution < -0.4 is 0 Å². The van der Waals surface area contributed by atoms with Gasteiger partial charge in [-0.1, -0.05) is 17.3 Å². The Labute approximate surface area is 161 Å². The lowest BCUT2D eigenvalue weighted by atomic mass is 9.97. The van der Waals surface area contributed by atoms with Crippen molar-refractivity contribution in [2.75, 3.05) is 13.1 Å². The van der Waals surface area contributed by atoms with Crippen molar-refractivity contribution in [3.05, 3.63) is 54.0 Å². The largest absolute Gasteiger partial charge is 0.476 e. The third-order valence-electron chi connectivity index (χ3n) is 4.95. The SMILES string of the molecule is O=C(O)c1cn(C[C@H]2CCCN(C(=O)c3ccc(-c4ccn[nH]4)cc3)C2)nn1. The maximum absolute atomic E-state index is 12.9. The predicted octanol–water partition coefficient (Wildman–Crippen LogP) is 1.92. The Morgan fingerprint density at radius 3 is 2.71 bits per heavy atom. The van der Waals surface area contributed by atoms with Gasteiger partial charge in [0.1, 0.15) is 0 Å². The second-order valence-corrected chi connectivity index (χ2v) is 6.94. The van der Waals surface area contributed by atoms with Crippen LogP contribution in [0.2, 0.25) is 0 Å². The van der Waals surface area contributed by atoms with Gasteiger partial charge in [0.15, 0.2) is 5.69 Å². The number of H-pyrrole nitrogens is 1. The molecule has 0 unspecified atom stereocenters. The van der Waals surface area contributed by atoms with Gasteiger partial charge in [-0.25, -0.2) is 4.79 Å². The van der Waals surface area contributed by atoms with E-state index in [2.05, 4.69) is 20.5 Å². The van der Waals surface area contributed by atoms with Gasteiger partial charge in [-0.05, 0) is 42.5 Å². The van der Waals surface area contributed by atoms with Crippen molar-refractivity contribution < 1.29 is 14.7 Å². The number of nitrogens with zero attached hydrogens (tertiary/aromatic N) is 5. The molecule has 0 aliphatic carbocycles. The molecule has 2 N–H and O–H groups in total. The number of carboxylic acid groups (broad SMARTS) is 1. The average Bonchev–Trinajstić information content (AvgIpc) is 3.40. The molecule has 0 saturated carbocycles. The maximum Gasteiger partial charge on any atom is 0.358 e. The van der Waals surface area contributed by atoms with Gasteiger partial charge in [-0.15, -0.1) is 5.10 Å². The van der Waals surface area contributed by atoms with Crippen LogP contribution >= 0.6 is 0 Å². The molecule has 9 heteroatoms. The first-order valence-electron chi connectivity index (χ1n) is 9.12. The monoisotopic (exact) mass is 380 g/mol. The van der Waals surface area contributed by atoms with Crippen LogP contribution in [0.3, 0.4) is 0 Å². The fraction of sp³-hybridized carbons (Fsp3) is 0.316. The first-order valence-corrected chi connectivity index (χ1v) is 9.12. The number of rotatable bonds is 5. The van der Waals surface area contributed by atoms with E-state index in [4.69, 9.17) is 5.11 Å². The number of carbonyl (C=O) groups is 2. The van der Waals surface area contributed by atoms with Crippen LogP contribution in [-0.2, 0) is 6.54 Å². The Bertz CT molecular complexity index is 964. The summed E-state index contributed by atoms with van der Waals surface area (Å²) in [5.74, 6) is -0.874. The van der Waals surface area contributed by atoms with Crippen LogP contribution in [0.4, 0.5) is 0 Å². The van der Waals surface area contributed by atoms with E-state index < -0.39 is 5.97 Å². The number of hydrogen-bond acceptors (Lipinski definition) is 5. The number of piperidine rings is 1. The normalized spacial score (nSPS) is 16.9. The van der Waals surface area contributed by atoms with Crippen LogP contribution in [-0.4, -0.2) is 60.2 Å². The van der Waals surface area contributed by atoms with E-state index in [1.165, 1.54) is 6.20 Å². The zero-order valence-electron chi connectivity index (χ0n) is 15.2. The number of benzene rings is 1. The van der Waals surface area contributed by atoms with Crippen LogP contribution in [0, 0.1) is 5.92 Å². The molecule has 1 saturated heterocycles. The lowest BCUT2D eigenvalue weighted by molar-refractivity contribution is 0.0658. The number of nitrogens with one attached hydrogen (secondary N) is 1. The highest BCUT2D eigenvalue weighted by Gasteiger charge is 2.25. The first-order chi connectivity index (χ1) is 13.6. The maximum atomic E-state index is 12.9. The van der Waals surface area contributed by atoms with E-state index in [9.17, 15) is 9.59 Å². The predicted molar refractivity (Wildman–Crippen MR) is 99.6 cm³/mol. The number of amides is 1. The molecule has 1 aliphatic heterocycles. The van der Waals surface area contributed by atoms with Gasteiger partial charge >= 0.3 is 5.97 Å². The van der Waals surface area contributed by atoms with Crippen LogP contribution in [0.15, 0.2) is 42.7 Å². The highest BCUT2D eigenvalue weighted by Crippen LogP contribution is 2.22. The molecule has 0 radical (unpaired) electrons. The lowest BCUT2D eigenvalue weighted by Crippen LogP contribution is -2.41. The molecule has 28 heavy (non-hydrogen) atoms. The Balaban J connectivity index is 1.40. The van der Waals surface area contributed by atoms with Crippen molar-refractivity contribution in [1.29, 1.82) is 0 Å². The molecule has 4 rings (SSSR count). The first kappa shape index (κ1) is 17.9. The summed E-state index contributed by atoms with van der Waals surface area (Å²) in [5.41, 5.74) is 2.47. The molecule has 1 aromatic carbocycles. The van der Waals surface area contributed by atoms with E-state index in [1.54, 1.807) is 10.9 Å². The summed E-state index contributed by atoms with van der Waals surface area (Å²) in [4.78, 5) is 25.7. The molecule has 3 aromatic rings. The van der Waals surface area contributed by atoms with Gasteiger partial charge in [-0.2, -0.15) is 5.10 Å². The minimum absolute atomic E-state index is 0.00526. The van der Waals surface area contributed by atoms with Crippen molar-refractivity contribution in [3.63, 3.8) is 0 Å². The van der Waals surface area contributed by atoms with Gasteiger partial charge in [0.25, 0.3) is 5.91 Å². The average molecular weight is 380 g/mol. The number of aromatic carboxylic acids is 1. The lowest BCUT2D eigenvalue weighted by Gasteiger charge is -2.32. The molecule has 9 nitrogen and oxygen atoms in total. The number of aromatic amines is 1. The summed E-state index contributed by atoms with van der Waals surface area (Å²) in [5, 5.41) is 23.3. The minimum atomic E-state index is -1.09. The van der Waals surface area contributed by atoms with Crippen LogP contribution in [0.25, 0.3) is 11.3 Å². The van der Waals surface area contributed by atoms with E-state index in [-0.39, 0.29) is 17.5 Å². The number of carboxylic acids is 1. The second kappa shape index (κ2) is 7.63. The van der Waals surface area contributed by atoms with Crippen LogP contribution in [0.1, 0.15) is 33.7 Å². The number of likely N-dealkylation sites (tertiary alicyclic amines) is 1. The Hall–Kier alpha value is -3.49. The minimum Gasteiger partial charge on any atom is -0.476 e. The highest BCUT2D eigenvalue weighted by molar-refractivity contribution is 5.94. The quantitative estimate of drug-likeness (QED) is 0.698. The number of aromatic nitrogens is 5. The zero-order chi connectivity index (χ0) is 19.5. The fourth-order valence-electron chi connectivity index (χ4n) is 3.54. The van der Waals surface area contributed by atoms with Crippen molar-refractivity contribution in [2.24, 2.45) is 5.92 Å². The standard InChI is InChI=1S/C19H20N6O3/c26-18(15-5-3-14(4-6-15)16-7-8-20-21-16)24-9-1-2-13(10-24)11-25-12-17(19(27)28)22-23-25/h3-8,12-13H,1-2,9-11H2,(H,20,21)(H,27,28)/t13-/m0/s1. The molecule has 0 bridgehead atoms. The summed E-state index contributed by atoms with van der Waals surface area (Å²) in [6.45, 7) is 1.88. The van der Waals surface area contributed by atoms with E-state index in [0.29, 0.717) is 18.7 Å². The molecule has 2 aromatic heterocycles. The Kier molecular flexibility index (Phi) is 4.88. The number of carbonyl (C=O) groups excluding carboxylic acids is 1. The molecule has 1 atom stereocenters. The summed E-state index contributed by atoms with van der Waals surface area (Å²) in [6.07, 6.45) is 4.99. The van der Waals surface area contributed by atoms with Crippen LogP contribution in [0.5, 0.6) is 0 Å². The van der Waals surface area contributed by atoms with Gasteiger partial charge in [0.05, 0.1) is 11.9 Å². The zero-order valence-corrected chi connectivity index (χ0v) is 15.2. The molecule has 3 heterocycles. The number of hydrogen-bond donors (Lipinski definition) is 2. The summed E-state index contributed by atoms with van der Waals surface area (Å²) in [7, 11) is 0. The van der Waals surface area contributed by atoms with E-state index >= 15 is 0 Å². The fourth-order valence-corrected chi connectivity index (χ4v) is 3.54. The van der Waals surface area contributed by atoms with Crippen molar-refractivity contribution >= 4 is 11.9 Å². The van der Waals surface area contributed by atoms with Gasteiger partial charge < -0.3 is 10.0 Å². The van der Waals surface area contributed by atoms with Gasteiger partial charge in [0.2, 0.25) is 0 Å². The molecule has 1 aliphatic rings. The molecule has 144 valence electrons. The molecular weight excluding hydrogens is 360 g/mol.